The highest BCUT2D eigenvalue weighted by Crippen LogP contribution is 2.46. The molecular formula is C23H18N4O6. The maximum absolute atomic E-state index is 11.8. The van der Waals surface area contributed by atoms with Crippen molar-refractivity contribution in [1.29, 1.82) is 0 Å². The third-order valence-electron chi connectivity index (χ3n) is 5.45. The van der Waals surface area contributed by atoms with Gasteiger partial charge in [-0.3, -0.25) is 30.3 Å². The summed E-state index contributed by atoms with van der Waals surface area (Å²) in [5.74, 6) is 0. The van der Waals surface area contributed by atoms with Crippen molar-refractivity contribution in [3.8, 4) is 11.1 Å². The molecule has 0 bridgehead atoms. The number of benzene rings is 3. The predicted octanol–water partition coefficient (Wildman–Crippen LogP) is 5.86. The van der Waals surface area contributed by atoms with Gasteiger partial charge in [0.2, 0.25) is 0 Å². The van der Waals surface area contributed by atoms with E-state index in [4.69, 9.17) is 4.99 Å². The van der Waals surface area contributed by atoms with Crippen molar-refractivity contribution in [3.63, 3.8) is 0 Å². The molecule has 1 aliphatic rings. The molecule has 33 heavy (non-hydrogen) atoms. The summed E-state index contributed by atoms with van der Waals surface area (Å²) in [6.45, 7) is 6.01. The minimum absolute atomic E-state index is 0.155. The van der Waals surface area contributed by atoms with Gasteiger partial charge in [0.25, 0.3) is 17.1 Å². The maximum Gasteiger partial charge on any atom is 0.284 e. The van der Waals surface area contributed by atoms with E-state index in [-0.39, 0.29) is 27.9 Å². The number of rotatable bonds is 4. The Balaban J connectivity index is 2.11. The first kappa shape index (κ1) is 21.8. The Hall–Kier alpha value is -4.47. The molecule has 0 atom stereocenters. The van der Waals surface area contributed by atoms with E-state index >= 15 is 0 Å². The van der Waals surface area contributed by atoms with Crippen LogP contribution in [0.4, 0.5) is 22.7 Å². The quantitative estimate of drug-likeness (QED) is 0.284. The Bertz CT molecular complexity index is 1390. The maximum atomic E-state index is 11.8. The van der Waals surface area contributed by atoms with Crippen LogP contribution in [-0.4, -0.2) is 20.5 Å². The van der Waals surface area contributed by atoms with Crippen LogP contribution in [0.5, 0.6) is 0 Å². The Morgan fingerprint density at radius 1 is 0.727 bits per heavy atom. The second kappa shape index (κ2) is 7.59. The van der Waals surface area contributed by atoms with Gasteiger partial charge in [0, 0.05) is 29.3 Å². The minimum atomic E-state index is -0.709. The molecule has 0 saturated heterocycles. The molecule has 0 unspecified atom stereocenters. The Morgan fingerprint density at radius 3 is 1.97 bits per heavy atom. The molecule has 3 aromatic rings. The van der Waals surface area contributed by atoms with Gasteiger partial charge < -0.3 is 0 Å². The van der Waals surface area contributed by atoms with Gasteiger partial charge in [-0.15, -0.1) is 0 Å². The van der Waals surface area contributed by atoms with Crippen LogP contribution >= 0.6 is 0 Å². The first-order valence-corrected chi connectivity index (χ1v) is 9.93. The molecule has 0 aliphatic heterocycles. The summed E-state index contributed by atoms with van der Waals surface area (Å²) in [5, 5.41) is 34.7. The zero-order valence-corrected chi connectivity index (χ0v) is 17.9. The van der Waals surface area contributed by atoms with Crippen molar-refractivity contribution in [1.82, 2.24) is 0 Å². The Kier molecular flexibility index (Phi) is 5.00. The number of aliphatic imine (C=N–C) groups is 1. The van der Waals surface area contributed by atoms with Crippen LogP contribution in [0.25, 0.3) is 11.1 Å². The van der Waals surface area contributed by atoms with Crippen molar-refractivity contribution >= 4 is 28.5 Å². The lowest BCUT2D eigenvalue weighted by atomic mass is 9.86. The molecule has 0 heterocycles. The summed E-state index contributed by atoms with van der Waals surface area (Å²) >= 11 is 0. The lowest BCUT2D eigenvalue weighted by Crippen LogP contribution is -2.11. The fourth-order valence-electron chi connectivity index (χ4n) is 3.98. The van der Waals surface area contributed by atoms with Gasteiger partial charge in [-0.1, -0.05) is 39.0 Å². The number of para-hydroxylation sites is 1. The molecule has 4 rings (SSSR count). The molecule has 166 valence electrons. The van der Waals surface area contributed by atoms with Crippen LogP contribution in [0, 0.1) is 30.3 Å². The van der Waals surface area contributed by atoms with E-state index in [1.165, 1.54) is 24.3 Å². The molecule has 0 saturated carbocycles. The molecule has 1 aliphatic carbocycles. The molecule has 0 fully saturated rings. The molecule has 10 heteroatoms. The molecule has 0 radical (unpaired) electrons. The first-order valence-electron chi connectivity index (χ1n) is 9.93. The number of non-ortho nitro benzene ring substituents is 2. The topological polar surface area (TPSA) is 142 Å². The summed E-state index contributed by atoms with van der Waals surface area (Å²) in [7, 11) is 0. The smallest absolute Gasteiger partial charge is 0.258 e. The van der Waals surface area contributed by atoms with Crippen LogP contribution < -0.4 is 0 Å². The molecule has 3 aromatic carbocycles. The van der Waals surface area contributed by atoms with Gasteiger partial charge in [0.15, 0.2) is 0 Å². The summed E-state index contributed by atoms with van der Waals surface area (Å²) in [5.41, 5.74) is 1.28. The average Bonchev–Trinajstić information content (AvgIpc) is 3.05. The molecule has 0 N–H and O–H groups in total. The molecule has 0 aromatic heterocycles. The second-order valence-corrected chi connectivity index (χ2v) is 8.62. The van der Waals surface area contributed by atoms with E-state index in [9.17, 15) is 30.3 Å². The van der Waals surface area contributed by atoms with Gasteiger partial charge in [-0.05, 0) is 28.7 Å². The molecule has 10 nitrogen and oxygen atoms in total. The molecule has 0 spiro atoms. The van der Waals surface area contributed by atoms with Crippen molar-refractivity contribution in [2.24, 2.45) is 4.99 Å². The van der Waals surface area contributed by atoms with Crippen molar-refractivity contribution in [2.75, 3.05) is 0 Å². The van der Waals surface area contributed by atoms with Gasteiger partial charge in [0.05, 0.1) is 37.8 Å². The van der Waals surface area contributed by atoms with E-state index in [0.29, 0.717) is 16.8 Å². The summed E-state index contributed by atoms with van der Waals surface area (Å²) in [6, 6.07) is 13.4. The zero-order valence-electron chi connectivity index (χ0n) is 17.9. The number of hydrogen-bond acceptors (Lipinski definition) is 7. The van der Waals surface area contributed by atoms with Crippen molar-refractivity contribution < 1.29 is 14.8 Å². The lowest BCUT2D eigenvalue weighted by Gasteiger charge is -2.21. The highest BCUT2D eigenvalue weighted by atomic mass is 16.6. The standard InChI is InChI=1S/C23H18N4O6/c1-23(2,3)18-6-4-5-7-19(18)24-22-16-10-13(25(28)29)8-9-15(16)21-17(22)11-14(26(30)31)12-20(21)27(32)33/h4-12H,1-3H3. The second-order valence-electron chi connectivity index (χ2n) is 8.62. The van der Waals surface area contributed by atoms with E-state index in [2.05, 4.69) is 0 Å². The van der Waals surface area contributed by atoms with Crippen molar-refractivity contribution in [2.45, 2.75) is 26.2 Å². The van der Waals surface area contributed by atoms with Crippen LogP contribution in [0.3, 0.4) is 0 Å². The number of nitro benzene ring substituents is 3. The molecule has 0 amide bonds. The summed E-state index contributed by atoms with van der Waals surface area (Å²) in [4.78, 5) is 37.5. The average molecular weight is 446 g/mol. The van der Waals surface area contributed by atoms with Gasteiger partial charge in [0.1, 0.15) is 0 Å². The SMILES string of the molecule is CC(C)(C)c1ccccc1N=C1c2cc([N+](=O)[O-])ccc2-c2c1cc([N+](=O)[O-])cc2[N+](=O)[O-]. The molecular weight excluding hydrogens is 428 g/mol. The van der Waals surface area contributed by atoms with Gasteiger partial charge >= 0.3 is 0 Å². The van der Waals surface area contributed by atoms with E-state index in [0.717, 1.165) is 11.6 Å². The number of fused-ring (bicyclic) bond motifs is 3. The van der Waals surface area contributed by atoms with E-state index < -0.39 is 26.1 Å². The monoisotopic (exact) mass is 446 g/mol. The van der Waals surface area contributed by atoms with Crippen LogP contribution in [0.15, 0.2) is 59.6 Å². The van der Waals surface area contributed by atoms with Crippen LogP contribution in [0.2, 0.25) is 0 Å². The van der Waals surface area contributed by atoms with Crippen LogP contribution in [-0.2, 0) is 5.41 Å². The largest absolute Gasteiger partial charge is 0.284 e. The highest BCUT2D eigenvalue weighted by Gasteiger charge is 2.36. The van der Waals surface area contributed by atoms with Gasteiger partial charge in [-0.2, -0.15) is 0 Å². The van der Waals surface area contributed by atoms with Crippen LogP contribution in [0.1, 0.15) is 37.5 Å². The third kappa shape index (κ3) is 3.71. The first-order chi connectivity index (χ1) is 15.5. The summed E-state index contributed by atoms with van der Waals surface area (Å²) < 4.78 is 0. The van der Waals surface area contributed by atoms with Gasteiger partial charge in [-0.25, -0.2) is 4.99 Å². The zero-order chi connectivity index (χ0) is 24.1. The number of nitro groups is 3. The summed E-state index contributed by atoms with van der Waals surface area (Å²) in [6.07, 6.45) is 0. The number of nitrogens with zero attached hydrogens (tertiary/aromatic N) is 4. The van der Waals surface area contributed by atoms with Crippen molar-refractivity contribution in [3.05, 3.63) is 102 Å². The fraction of sp³-hybridized carbons (Fsp3) is 0.174. The normalized spacial score (nSPS) is 13.5. The number of hydrogen-bond donors (Lipinski definition) is 0. The lowest BCUT2D eigenvalue weighted by molar-refractivity contribution is -0.393. The fourth-order valence-corrected chi connectivity index (χ4v) is 3.98. The Labute approximate surface area is 187 Å². The predicted molar refractivity (Wildman–Crippen MR) is 122 cm³/mol. The van der Waals surface area contributed by atoms with E-state index in [1.54, 1.807) is 12.1 Å². The highest BCUT2D eigenvalue weighted by molar-refractivity contribution is 6.27. The minimum Gasteiger partial charge on any atom is -0.258 e. The third-order valence-corrected chi connectivity index (χ3v) is 5.45. The Morgan fingerprint density at radius 2 is 1.36 bits per heavy atom. The van der Waals surface area contributed by atoms with E-state index in [1.807, 2.05) is 32.9 Å².